The van der Waals surface area contributed by atoms with Gasteiger partial charge in [0.25, 0.3) is 10.2 Å². The normalized spacial score (nSPS) is 24.9. The van der Waals surface area contributed by atoms with Crippen molar-refractivity contribution >= 4 is 16.1 Å². The van der Waals surface area contributed by atoms with Crippen molar-refractivity contribution in [2.45, 2.75) is 38.0 Å². The van der Waals surface area contributed by atoms with Crippen LogP contribution in [0.5, 0.6) is 5.75 Å². The van der Waals surface area contributed by atoms with Crippen LogP contribution in [0, 0.1) is 5.92 Å². The van der Waals surface area contributed by atoms with Crippen LogP contribution in [0.1, 0.15) is 31.2 Å². The van der Waals surface area contributed by atoms with Gasteiger partial charge in [-0.25, -0.2) is 0 Å². The number of carbonyl (C=O) groups excluding carboxylic acids is 1. The molecule has 1 spiro atoms. The first-order chi connectivity index (χ1) is 14.9. The minimum absolute atomic E-state index is 0.118. The summed E-state index contributed by atoms with van der Waals surface area (Å²) in [5.74, 6) is -0.352. The van der Waals surface area contributed by atoms with E-state index >= 15 is 0 Å². The number of ether oxygens (including phenoxy) is 3. The van der Waals surface area contributed by atoms with Gasteiger partial charge in [-0.15, -0.1) is 0 Å². The summed E-state index contributed by atoms with van der Waals surface area (Å²) in [6, 6.07) is 7.52. The minimum atomic E-state index is -3.61. The minimum Gasteiger partial charge on any atom is -0.497 e. The van der Waals surface area contributed by atoms with E-state index in [9.17, 15) is 13.2 Å². The second-order valence-corrected chi connectivity index (χ2v) is 10.2. The quantitative estimate of drug-likeness (QED) is 0.693. The number of hydrogen-bond acceptors (Lipinski definition) is 6. The van der Waals surface area contributed by atoms with Gasteiger partial charge in [0.2, 0.25) is 5.91 Å². The molecule has 4 rings (SSSR count). The van der Waals surface area contributed by atoms with E-state index in [2.05, 4.69) is 5.32 Å². The Labute approximate surface area is 183 Å². The SMILES string of the molecule is COc1cccc(CNC(=O)[C@H]2CCCN(S(=O)(=O)N3CCC4(CC3)OCCO4)C2)c1. The van der Waals surface area contributed by atoms with E-state index in [1.807, 2.05) is 24.3 Å². The third kappa shape index (κ3) is 5.04. The predicted molar refractivity (Wildman–Crippen MR) is 113 cm³/mol. The Morgan fingerprint density at radius 3 is 2.65 bits per heavy atom. The third-order valence-electron chi connectivity index (χ3n) is 6.31. The molecule has 1 amide bonds. The number of piperidine rings is 2. The van der Waals surface area contributed by atoms with Crippen molar-refractivity contribution in [3.63, 3.8) is 0 Å². The van der Waals surface area contributed by atoms with E-state index in [1.54, 1.807) is 7.11 Å². The Kier molecular flexibility index (Phi) is 6.83. The van der Waals surface area contributed by atoms with Crippen molar-refractivity contribution in [1.29, 1.82) is 0 Å². The molecule has 10 heteroatoms. The van der Waals surface area contributed by atoms with Gasteiger partial charge in [-0.3, -0.25) is 4.79 Å². The topological polar surface area (TPSA) is 97.4 Å². The molecule has 0 aliphatic carbocycles. The van der Waals surface area contributed by atoms with E-state index < -0.39 is 16.0 Å². The molecule has 0 radical (unpaired) electrons. The summed E-state index contributed by atoms with van der Waals surface area (Å²) in [5.41, 5.74) is 0.937. The highest BCUT2D eigenvalue weighted by atomic mass is 32.2. The highest BCUT2D eigenvalue weighted by Crippen LogP contribution is 2.33. The van der Waals surface area contributed by atoms with E-state index in [4.69, 9.17) is 14.2 Å². The molecule has 1 aromatic carbocycles. The average molecular weight is 454 g/mol. The molecule has 172 valence electrons. The molecule has 3 fully saturated rings. The lowest BCUT2D eigenvalue weighted by Crippen LogP contribution is -2.54. The van der Waals surface area contributed by atoms with Crippen LogP contribution < -0.4 is 10.1 Å². The Hall–Kier alpha value is -1.72. The second kappa shape index (κ2) is 9.41. The highest BCUT2D eigenvalue weighted by Gasteiger charge is 2.44. The molecule has 1 N–H and O–H groups in total. The maximum absolute atomic E-state index is 13.2. The number of nitrogens with zero attached hydrogens (tertiary/aromatic N) is 2. The Morgan fingerprint density at radius 2 is 1.94 bits per heavy atom. The predicted octanol–water partition coefficient (Wildman–Crippen LogP) is 1.11. The first-order valence-electron chi connectivity index (χ1n) is 10.9. The van der Waals surface area contributed by atoms with Crippen molar-refractivity contribution in [1.82, 2.24) is 13.9 Å². The molecule has 3 aliphatic heterocycles. The van der Waals surface area contributed by atoms with Gasteiger partial charge in [0.15, 0.2) is 5.79 Å². The summed E-state index contributed by atoms with van der Waals surface area (Å²) in [4.78, 5) is 12.7. The zero-order chi connectivity index (χ0) is 21.9. The third-order valence-corrected chi connectivity index (χ3v) is 8.31. The average Bonchev–Trinajstić information content (AvgIpc) is 3.25. The largest absolute Gasteiger partial charge is 0.497 e. The molecule has 1 atom stereocenters. The van der Waals surface area contributed by atoms with Crippen LogP contribution in [-0.4, -0.2) is 75.2 Å². The van der Waals surface area contributed by atoms with Gasteiger partial charge < -0.3 is 19.5 Å². The summed E-state index contributed by atoms with van der Waals surface area (Å²) in [7, 11) is -2.01. The molecular weight excluding hydrogens is 422 g/mol. The standard InChI is InChI=1S/C21H31N3O6S/c1-28-19-6-2-4-17(14-19)15-22-20(25)18-5-3-9-24(16-18)31(26,27)23-10-7-21(8-11-23)29-12-13-30-21/h2,4,6,14,18H,3,5,7-13,15-16H2,1H3,(H,22,25)/t18-/m0/s1. The first-order valence-corrected chi connectivity index (χ1v) is 12.3. The lowest BCUT2D eigenvalue weighted by Gasteiger charge is -2.40. The molecule has 3 heterocycles. The van der Waals surface area contributed by atoms with E-state index in [0.717, 1.165) is 11.3 Å². The van der Waals surface area contributed by atoms with Gasteiger partial charge in [-0.05, 0) is 30.5 Å². The van der Waals surface area contributed by atoms with Gasteiger partial charge in [0.05, 0.1) is 26.2 Å². The number of carbonyl (C=O) groups is 1. The number of rotatable bonds is 6. The molecule has 0 aromatic heterocycles. The first kappa shape index (κ1) is 22.5. The molecule has 1 aromatic rings. The van der Waals surface area contributed by atoms with Crippen molar-refractivity contribution in [3.05, 3.63) is 29.8 Å². The van der Waals surface area contributed by atoms with Crippen molar-refractivity contribution in [2.75, 3.05) is 46.5 Å². The van der Waals surface area contributed by atoms with Crippen LogP contribution in [0.25, 0.3) is 0 Å². The summed E-state index contributed by atoms with van der Waals surface area (Å²) < 4.78 is 45.9. The van der Waals surface area contributed by atoms with E-state index in [1.165, 1.54) is 8.61 Å². The van der Waals surface area contributed by atoms with Gasteiger partial charge >= 0.3 is 0 Å². The van der Waals surface area contributed by atoms with Gasteiger partial charge in [0.1, 0.15) is 5.75 Å². The van der Waals surface area contributed by atoms with E-state index in [0.29, 0.717) is 65.1 Å². The number of hydrogen-bond donors (Lipinski definition) is 1. The second-order valence-electron chi connectivity index (χ2n) is 8.28. The van der Waals surface area contributed by atoms with Crippen molar-refractivity contribution < 1.29 is 27.4 Å². The molecule has 0 bridgehead atoms. The summed E-state index contributed by atoms with van der Waals surface area (Å²) in [6.07, 6.45) is 2.41. The summed E-state index contributed by atoms with van der Waals surface area (Å²) >= 11 is 0. The molecule has 3 saturated heterocycles. The highest BCUT2D eigenvalue weighted by molar-refractivity contribution is 7.86. The van der Waals surface area contributed by atoms with Crippen LogP contribution in [0.3, 0.4) is 0 Å². The number of methoxy groups -OCH3 is 1. The van der Waals surface area contributed by atoms with Crippen LogP contribution >= 0.6 is 0 Å². The van der Waals surface area contributed by atoms with Gasteiger partial charge in [0, 0.05) is 45.6 Å². The molecule has 9 nitrogen and oxygen atoms in total. The Morgan fingerprint density at radius 1 is 1.19 bits per heavy atom. The Bertz CT molecular complexity index is 877. The smallest absolute Gasteiger partial charge is 0.282 e. The molecule has 31 heavy (non-hydrogen) atoms. The maximum atomic E-state index is 13.2. The van der Waals surface area contributed by atoms with Crippen LogP contribution in [-0.2, 0) is 31.0 Å². The molecule has 3 aliphatic rings. The van der Waals surface area contributed by atoms with Crippen LogP contribution in [0.4, 0.5) is 0 Å². The van der Waals surface area contributed by atoms with Crippen LogP contribution in [0.2, 0.25) is 0 Å². The van der Waals surface area contributed by atoms with Crippen molar-refractivity contribution in [2.24, 2.45) is 5.92 Å². The summed E-state index contributed by atoms with van der Waals surface area (Å²) in [6.45, 7) is 2.89. The van der Waals surface area contributed by atoms with Gasteiger partial charge in [-0.1, -0.05) is 12.1 Å². The monoisotopic (exact) mass is 453 g/mol. The van der Waals surface area contributed by atoms with Gasteiger partial charge in [-0.2, -0.15) is 17.0 Å². The number of amides is 1. The Balaban J connectivity index is 1.32. The van der Waals surface area contributed by atoms with Crippen LogP contribution in [0.15, 0.2) is 24.3 Å². The zero-order valence-electron chi connectivity index (χ0n) is 17.9. The maximum Gasteiger partial charge on any atom is 0.282 e. The fraction of sp³-hybridized carbons (Fsp3) is 0.667. The molecular formula is C21H31N3O6S. The fourth-order valence-electron chi connectivity index (χ4n) is 4.49. The summed E-state index contributed by atoms with van der Waals surface area (Å²) in [5, 5.41) is 2.94. The zero-order valence-corrected chi connectivity index (χ0v) is 18.7. The van der Waals surface area contributed by atoms with Crippen molar-refractivity contribution in [3.8, 4) is 5.75 Å². The molecule has 0 saturated carbocycles. The molecule has 0 unspecified atom stereocenters. The van der Waals surface area contributed by atoms with E-state index in [-0.39, 0.29) is 18.4 Å². The fourth-order valence-corrected chi connectivity index (χ4v) is 6.19. The number of benzene rings is 1. The number of nitrogens with one attached hydrogen (secondary N) is 1. The lowest BCUT2D eigenvalue weighted by atomic mass is 9.99. The lowest BCUT2D eigenvalue weighted by molar-refractivity contribution is -0.179.